The second kappa shape index (κ2) is 2.88. The normalized spacial score (nSPS) is 9.80. The lowest BCUT2D eigenvalue weighted by Gasteiger charge is -2.01. The molecule has 0 bridgehead atoms. The largest absolute Gasteiger partial charge is 0.497 e. The van der Waals surface area contributed by atoms with E-state index in [-0.39, 0.29) is 0 Å². The Morgan fingerprint density at radius 2 is 2.00 bits per heavy atom. The molecule has 0 unspecified atom stereocenters. The topological polar surface area (TPSA) is 9.23 Å². The summed E-state index contributed by atoms with van der Waals surface area (Å²) in [5, 5.41) is 1.39. The Morgan fingerprint density at radius 3 is 2.50 bits per heavy atom. The highest BCUT2D eigenvalue weighted by Crippen LogP contribution is 2.08. The first-order valence-electron chi connectivity index (χ1n) is 3.34. The van der Waals surface area contributed by atoms with Gasteiger partial charge in [-0.1, -0.05) is 11.3 Å². The van der Waals surface area contributed by atoms with Crippen LogP contribution in [0.2, 0.25) is 0 Å². The summed E-state index contributed by atoms with van der Waals surface area (Å²) in [4.78, 5) is 0. The lowest BCUT2D eigenvalue weighted by molar-refractivity contribution is 0.415. The van der Waals surface area contributed by atoms with Crippen LogP contribution in [0.15, 0.2) is 18.2 Å². The van der Waals surface area contributed by atoms with Crippen molar-refractivity contribution < 1.29 is 4.74 Å². The SMILES string of the molecule is COc1cc(C)cc([SiH3])c1. The molecular weight excluding hydrogens is 140 g/mol. The van der Waals surface area contributed by atoms with Crippen LogP contribution in [-0.4, -0.2) is 17.4 Å². The summed E-state index contributed by atoms with van der Waals surface area (Å²) in [7, 11) is 2.80. The van der Waals surface area contributed by atoms with E-state index in [0.29, 0.717) is 0 Å². The fraction of sp³-hybridized carbons (Fsp3) is 0.250. The van der Waals surface area contributed by atoms with E-state index >= 15 is 0 Å². The van der Waals surface area contributed by atoms with Gasteiger partial charge in [0.2, 0.25) is 0 Å². The second-order valence-corrected chi connectivity index (χ2v) is 3.68. The first-order valence-corrected chi connectivity index (χ1v) is 4.34. The van der Waals surface area contributed by atoms with Gasteiger partial charge in [0.15, 0.2) is 0 Å². The molecule has 0 amide bonds. The van der Waals surface area contributed by atoms with Gasteiger partial charge in [0.1, 0.15) is 5.75 Å². The van der Waals surface area contributed by atoms with Crippen LogP contribution in [0.1, 0.15) is 5.56 Å². The van der Waals surface area contributed by atoms with Crippen molar-refractivity contribution in [1.82, 2.24) is 0 Å². The molecule has 1 nitrogen and oxygen atoms in total. The van der Waals surface area contributed by atoms with Crippen molar-refractivity contribution in [3.05, 3.63) is 23.8 Å². The Morgan fingerprint density at radius 1 is 1.30 bits per heavy atom. The number of benzene rings is 1. The number of rotatable bonds is 1. The van der Waals surface area contributed by atoms with Crippen molar-refractivity contribution in [3.8, 4) is 5.75 Å². The smallest absolute Gasteiger partial charge is 0.118 e. The van der Waals surface area contributed by atoms with Gasteiger partial charge in [-0.3, -0.25) is 0 Å². The van der Waals surface area contributed by atoms with Crippen molar-refractivity contribution in [3.63, 3.8) is 0 Å². The third-order valence-electron chi connectivity index (χ3n) is 1.43. The van der Waals surface area contributed by atoms with Crippen LogP contribution in [0.5, 0.6) is 5.75 Å². The Bertz CT molecular complexity index is 212. The minimum absolute atomic E-state index is 0.977. The van der Waals surface area contributed by atoms with Crippen LogP contribution in [-0.2, 0) is 0 Å². The lowest BCUT2D eigenvalue weighted by Crippen LogP contribution is -2.02. The molecular formula is C8H12OSi. The highest BCUT2D eigenvalue weighted by molar-refractivity contribution is 6.32. The van der Waals surface area contributed by atoms with E-state index in [1.165, 1.54) is 10.8 Å². The zero-order chi connectivity index (χ0) is 7.56. The molecule has 0 fully saturated rings. The summed E-state index contributed by atoms with van der Waals surface area (Å²) in [6.45, 7) is 2.09. The Kier molecular flexibility index (Phi) is 2.12. The van der Waals surface area contributed by atoms with Gasteiger partial charge < -0.3 is 4.74 Å². The molecule has 1 aromatic carbocycles. The number of hydrogen-bond acceptors (Lipinski definition) is 1. The third-order valence-corrected chi connectivity index (χ3v) is 2.01. The average molecular weight is 152 g/mol. The molecule has 0 aliphatic carbocycles. The van der Waals surface area contributed by atoms with Crippen LogP contribution in [0.3, 0.4) is 0 Å². The molecule has 0 N–H and O–H groups in total. The summed E-state index contributed by atoms with van der Waals surface area (Å²) >= 11 is 0. The Hall–Kier alpha value is -0.763. The molecule has 0 atom stereocenters. The maximum absolute atomic E-state index is 5.10. The molecule has 0 aliphatic rings. The van der Waals surface area contributed by atoms with Crippen molar-refractivity contribution in [2.75, 3.05) is 7.11 Å². The van der Waals surface area contributed by atoms with Crippen LogP contribution < -0.4 is 9.92 Å². The average Bonchev–Trinajstić information content (AvgIpc) is 1.85. The van der Waals surface area contributed by atoms with Crippen LogP contribution >= 0.6 is 0 Å². The van der Waals surface area contributed by atoms with E-state index in [2.05, 4.69) is 19.1 Å². The fourth-order valence-electron chi connectivity index (χ4n) is 1.05. The maximum Gasteiger partial charge on any atom is 0.118 e. The van der Waals surface area contributed by atoms with E-state index < -0.39 is 0 Å². The van der Waals surface area contributed by atoms with Crippen molar-refractivity contribution in [2.45, 2.75) is 6.92 Å². The second-order valence-electron chi connectivity index (χ2n) is 2.53. The van der Waals surface area contributed by atoms with Crippen LogP contribution in [0.4, 0.5) is 0 Å². The Balaban J connectivity index is 3.06. The monoisotopic (exact) mass is 152 g/mol. The zero-order valence-corrected chi connectivity index (χ0v) is 8.64. The summed E-state index contributed by atoms with van der Waals surface area (Å²) < 4.78 is 5.10. The van der Waals surface area contributed by atoms with Gasteiger partial charge in [-0.15, -0.1) is 0 Å². The van der Waals surface area contributed by atoms with Gasteiger partial charge in [-0.2, -0.15) is 0 Å². The molecule has 0 saturated carbocycles. The predicted molar refractivity (Wildman–Crippen MR) is 47.3 cm³/mol. The third kappa shape index (κ3) is 1.61. The van der Waals surface area contributed by atoms with Gasteiger partial charge in [-0.05, 0) is 24.6 Å². The van der Waals surface area contributed by atoms with Gasteiger partial charge in [0, 0.05) is 10.2 Å². The number of ether oxygens (including phenoxy) is 1. The van der Waals surface area contributed by atoms with E-state index in [4.69, 9.17) is 4.74 Å². The van der Waals surface area contributed by atoms with Crippen molar-refractivity contribution in [2.24, 2.45) is 0 Å². The van der Waals surface area contributed by atoms with Crippen LogP contribution in [0.25, 0.3) is 0 Å². The molecule has 0 aromatic heterocycles. The summed E-state index contributed by atoms with van der Waals surface area (Å²) in [6, 6.07) is 6.31. The van der Waals surface area contributed by atoms with Crippen molar-refractivity contribution in [1.29, 1.82) is 0 Å². The first kappa shape index (κ1) is 7.35. The van der Waals surface area contributed by atoms with Gasteiger partial charge in [0.05, 0.1) is 7.11 Å². The molecule has 0 saturated heterocycles. The molecule has 0 radical (unpaired) electrons. The molecule has 10 heavy (non-hydrogen) atoms. The number of methoxy groups -OCH3 is 1. The van der Waals surface area contributed by atoms with Crippen molar-refractivity contribution >= 4 is 15.4 Å². The van der Waals surface area contributed by atoms with Gasteiger partial charge >= 0.3 is 0 Å². The number of aryl methyl sites for hydroxylation is 1. The minimum atomic E-state index is 0.977. The molecule has 0 spiro atoms. The predicted octanol–water partition coefficient (Wildman–Crippen LogP) is -0.00568. The first-order chi connectivity index (χ1) is 4.72. The highest BCUT2D eigenvalue weighted by atomic mass is 28.1. The number of hydrogen-bond donors (Lipinski definition) is 0. The Labute approximate surface area is 64.4 Å². The van der Waals surface area contributed by atoms with Crippen LogP contribution in [0, 0.1) is 6.92 Å². The molecule has 2 heteroatoms. The minimum Gasteiger partial charge on any atom is -0.497 e. The van der Waals surface area contributed by atoms with E-state index in [1.807, 2.05) is 6.07 Å². The summed E-state index contributed by atoms with van der Waals surface area (Å²) in [5.74, 6) is 0.977. The highest BCUT2D eigenvalue weighted by Gasteiger charge is 1.92. The van der Waals surface area contributed by atoms with Gasteiger partial charge in [-0.25, -0.2) is 0 Å². The summed E-state index contributed by atoms with van der Waals surface area (Å²) in [6.07, 6.45) is 0. The molecule has 1 aromatic rings. The molecule has 1 rings (SSSR count). The fourth-order valence-corrected chi connectivity index (χ4v) is 1.79. The lowest BCUT2D eigenvalue weighted by atomic mass is 10.2. The molecule has 54 valence electrons. The standard InChI is InChI=1S/C8H12OSi/c1-6-3-7(9-2)5-8(10)4-6/h3-5H,1-2,10H3. The zero-order valence-electron chi connectivity index (χ0n) is 6.64. The van der Waals surface area contributed by atoms with E-state index in [9.17, 15) is 0 Å². The van der Waals surface area contributed by atoms with E-state index in [0.717, 1.165) is 16.0 Å². The quantitative estimate of drug-likeness (QED) is 0.515. The van der Waals surface area contributed by atoms with E-state index in [1.54, 1.807) is 7.11 Å². The molecule has 0 aliphatic heterocycles. The summed E-state index contributed by atoms with van der Waals surface area (Å²) in [5.41, 5.74) is 1.28. The molecule has 0 heterocycles. The maximum atomic E-state index is 5.10. The van der Waals surface area contributed by atoms with Gasteiger partial charge in [0.25, 0.3) is 0 Å².